The van der Waals surface area contributed by atoms with Gasteiger partial charge in [0.25, 0.3) is 5.91 Å². The van der Waals surface area contributed by atoms with Gasteiger partial charge in [-0.3, -0.25) is 9.59 Å². The number of aryl methyl sites for hydroxylation is 1. The lowest BCUT2D eigenvalue weighted by atomic mass is 10.1. The summed E-state index contributed by atoms with van der Waals surface area (Å²) in [6.07, 6.45) is 0.822. The van der Waals surface area contributed by atoms with E-state index in [0.29, 0.717) is 31.7 Å². The van der Waals surface area contributed by atoms with Crippen LogP contribution in [0.25, 0.3) is 11.3 Å². The van der Waals surface area contributed by atoms with Crippen LogP contribution in [0.5, 0.6) is 5.75 Å². The average Bonchev–Trinajstić information content (AvgIpc) is 3.18. The van der Waals surface area contributed by atoms with E-state index in [1.165, 1.54) is 0 Å². The zero-order chi connectivity index (χ0) is 25.5. The molecule has 1 aromatic heterocycles. The van der Waals surface area contributed by atoms with Crippen molar-refractivity contribution in [3.63, 3.8) is 0 Å². The summed E-state index contributed by atoms with van der Waals surface area (Å²) in [6.45, 7) is 7.06. The molecule has 1 aliphatic heterocycles. The maximum absolute atomic E-state index is 13.1. The van der Waals surface area contributed by atoms with Crippen LogP contribution >= 0.6 is 0 Å². The van der Waals surface area contributed by atoms with Crippen molar-refractivity contribution >= 4 is 17.6 Å². The SMILES string of the molecule is CCN(CC(=O)N1CCCN(c2ccc(-c3cccc(OC)c3)nn2)CC1)C(=O)c1ccccc1C. The number of nitrogens with zero attached hydrogens (tertiary/aromatic N) is 5. The quantitative estimate of drug-likeness (QED) is 0.506. The number of carbonyl (C=O) groups excluding carboxylic acids is 2. The van der Waals surface area contributed by atoms with Crippen LogP contribution in [0.1, 0.15) is 29.3 Å². The van der Waals surface area contributed by atoms with E-state index < -0.39 is 0 Å². The van der Waals surface area contributed by atoms with Crippen molar-refractivity contribution < 1.29 is 14.3 Å². The second-order valence-corrected chi connectivity index (χ2v) is 8.86. The van der Waals surface area contributed by atoms with Crippen molar-refractivity contribution in [3.8, 4) is 17.0 Å². The molecule has 1 fully saturated rings. The highest BCUT2D eigenvalue weighted by molar-refractivity contribution is 5.97. The monoisotopic (exact) mass is 487 g/mol. The summed E-state index contributed by atoms with van der Waals surface area (Å²) in [5.74, 6) is 1.44. The van der Waals surface area contributed by atoms with Gasteiger partial charge in [0.2, 0.25) is 5.91 Å². The van der Waals surface area contributed by atoms with Crippen molar-refractivity contribution in [2.75, 3.05) is 51.3 Å². The molecule has 2 aromatic carbocycles. The molecule has 2 amide bonds. The van der Waals surface area contributed by atoms with Crippen LogP contribution in [0, 0.1) is 6.92 Å². The number of ether oxygens (including phenoxy) is 1. The normalized spacial score (nSPS) is 13.8. The van der Waals surface area contributed by atoms with E-state index in [1.807, 2.05) is 79.4 Å². The topological polar surface area (TPSA) is 78.9 Å². The van der Waals surface area contributed by atoms with Crippen LogP contribution < -0.4 is 9.64 Å². The average molecular weight is 488 g/mol. The molecule has 8 nitrogen and oxygen atoms in total. The van der Waals surface area contributed by atoms with Crippen molar-refractivity contribution in [3.05, 3.63) is 71.8 Å². The third-order valence-electron chi connectivity index (χ3n) is 6.56. The van der Waals surface area contributed by atoms with Gasteiger partial charge in [-0.2, -0.15) is 0 Å². The summed E-state index contributed by atoms with van der Waals surface area (Å²) in [7, 11) is 1.64. The highest BCUT2D eigenvalue weighted by Crippen LogP contribution is 2.23. The molecule has 0 unspecified atom stereocenters. The van der Waals surface area contributed by atoms with Gasteiger partial charge in [0.05, 0.1) is 12.8 Å². The first kappa shape index (κ1) is 25.2. The van der Waals surface area contributed by atoms with Crippen LogP contribution in [-0.2, 0) is 4.79 Å². The number of amides is 2. The number of rotatable bonds is 7. The maximum Gasteiger partial charge on any atom is 0.254 e. The van der Waals surface area contributed by atoms with Crippen LogP contribution in [-0.4, -0.2) is 78.2 Å². The van der Waals surface area contributed by atoms with Crippen LogP contribution in [0.15, 0.2) is 60.7 Å². The third kappa shape index (κ3) is 5.82. The third-order valence-corrected chi connectivity index (χ3v) is 6.56. The molecule has 2 heterocycles. The highest BCUT2D eigenvalue weighted by atomic mass is 16.5. The van der Waals surface area contributed by atoms with Gasteiger partial charge in [-0.1, -0.05) is 30.3 Å². The minimum absolute atomic E-state index is 0.0277. The summed E-state index contributed by atoms with van der Waals surface area (Å²) in [6, 6.07) is 19.2. The molecule has 0 saturated carbocycles. The Hall–Kier alpha value is -3.94. The fourth-order valence-electron chi connectivity index (χ4n) is 4.40. The van der Waals surface area contributed by atoms with E-state index in [2.05, 4.69) is 15.1 Å². The second-order valence-electron chi connectivity index (χ2n) is 8.86. The predicted molar refractivity (Wildman–Crippen MR) is 140 cm³/mol. The summed E-state index contributed by atoms with van der Waals surface area (Å²) in [4.78, 5) is 31.8. The van der Waals surface area contributed by atoms with Crippen LogP contribution in [0.3, 0.4) is 0 Å². The molecule has 0 radical (unpaired) electrons. The minimum atomic E-state index is -0.105. The molecule has 0 spiro atoms. The maximum atomic E-state index is 13.1. The molecule has 36 heavy (non-hydrogen) atoms. The molecule has 3 aromatic rings. The molecule has 188 valence electrons. The number of hydrogen-bond donors (Lipinski definition) is 0. The molecular weight excluding hydrogens is 454 g/mol. The molecule has 0 N–H and O–H groups in total. The Morgan fingerprint density at radius 3 is 2.53 bits per heavy atom. The lowest BCUT2D eigenvalue weighted by Gasteiger charge is -2.26. The Morgan fingerprint density at radius 2 is 1.81 bits per heavy atom. The molecule has 1 saturated heterocycles. The Labute approximate surface area is 212 Å². The number of carbonyl (C=O) groups is 2. The van der Waals surface area contributed by atoms with Gasteiger partial charge >= 0.3 is 0 Å². The first-order chi connectivity index (χ1) is 17.5. The minimum Gasteiger partial charge on any atom is -0.497 e. The molecule has 0 aliphatic carbocycles. The van der Waals surface area contributed by atoms with Crippen molar-refractivity contribution in [1.29, 1.82) is 0 Å². The van der Waals surface area contributed by atoms with Crippen molar-refractivity contribution in [2.45, 2.75) is 20.3 Å². The van der Waals surface area contributed by atoms with Crippen molar-refractivity contribution in [1.82, 2.24) is 20.0 Å². The Bertz CT molecular complexity index is 1200. The number of aromatic nitrogens is 2. The zero-order valence-electron chi connectivity index (χ0n) is 21.2. The number of hydrogen-bond acceptors (Lipinski definition) is 6. The van der Waals surface area contributed by atoms with E-state index in [4.69, 9.17) is 4.74 Å². The van der Waals surface area contributed by atoms with E-state index in [1.54, 1.807) is 12.0 Å². The smallest absolute Gasteiger partial charge is 0.254 e. The number of anilines is 1. The Balaban J connectivity index is 1.37. The molecular formula is C28H33N5O3. The number of likely N-dealkylation sites (N-methyl/N-ethyl adjacent to an activating group) is 1. The molecule has 8 heteroatoms. The fraction of sp³-hybridized carbons (Fsp3) is 0.357. The lowest BCUT2D eigenvalue weighted by molar-refractivity contribution is -0.131. The summed E-state index contributed by atoms with van der Waals surface area (Å²) in [5.41, 5.74) is 3.28. The lowest BCUT2D eigenvalue weighted by Crippen LogP contribution is -2.44. The fourth-order valence-corrected chi connectivity index (χ4v) is 4.40. The van der Waals surface area contributed by atoms with Crippen LogP contribution in [0.4, 0.5) is 5.82 Å². The van der Waals surface area contributed by atoms with E-state index in [0.717, 1.165) is 41.4 Å². The zero-order valence-corrected chi connectivity index (χ0v) is 21.2. The molecule has 4 rings (SSSR count). The van der Waals surface area contributed by atoms with E-state index in [-0.39, 0.29) is 18.4 Å². The Morgan fingerprint density at radius 1 is 0.972 bits per heavy atom. The Kier molecular flexibility index (Phi) is 8.15. The first-order valence-electron chi connectivity index (χ1n) is 12.4. The van der Waals surface area contributed by atoms with Gasteiger partial charge < -0.3 is 19.4 Å². The van der Waals surface area contributed by atoms with Gasteiger partial charge in [0, 0.05) is 43.9 Å². The van der Waals surface area contributed by atoms with Gasteiger partial charge in [0.15, 0.2) is 5.82 Å². The summed E-state index contributed by atoms with van der Waals surface area (Å²) in [5, 5.41) is 8.87. The van der Waals surface area contributed by atoms with Gasteiger partial charge in [-0.25, -0.2) is 0 Å². The summed E-state index contributed by atoms with van der Waals surface area (Å²) >= 11 is 0. The second kappa shape index (κ2) is 11.7. The predicted octanol–water partition coefficient (Wildman–Crippen LogP) is 3.66. The van der Waals surface area contributed by atoms with Gasteiger partial charge in [-0.05, 0) is 56.2 Å². The molecule has 0 atom stereocenters. The van der Waals surface area contributed by atoms with E-state index >= 15 is 0 Å². The standard InChI is InChI=1S/C28H33N5O3/c1-4-31(28(35)24-12-6-5-9-21(24)2)20-27(34)33-16-8-15-32(17-18-33)26-14-13-25(29-30-26)22-10-7-11-23(19-22)36-3/h5-7,9-14,19H,4,8,15-18,20H2,1-3H3. The van der Waals surface area contributed by atoms with Crippen molar-refractivity contribution in [2.24, 2.45) is 0 Å². The highest BCUT2D eigenvalue weighted by Gasteiger charge is 2.24. The summed E-state index contributed by atoms with van der Waals surface area (Å²) < 4.78 is 5.30. The number of benzene rings is 2. The largest absolute Gasteiger partial charge is 0.497 e. The van der Waals surface area contributed by atoms with Gasteiger partial charge in [0.1, 0.15) is 12.3 Å². The first-order valence-corrected chi connectivity index (χ1v) is 12.4. The van der Waals surface area contributed by atoms with E-state index in [9.17, 15) is 9.59 Å². The van der Waals surface area contributed by atoms with Gasteiger partial charge in [-0.15, -0.1) is 10.2 Å². The van der Waals surface area contributed by atoms with Crippen LogP contribution in [0.2, 0.25) is 0 Å². The molecule has 0 bridgehead atoms. The molecule has 1 aliphatic rings. The number of methoxy groups -OCH3 is 1.